The zero-order chi connectivity index (χ0) is 18.2. The number of aromatic nitrogens is 1. The third-order valence-electron chi connectivity index (χ3n) is 5.04. The zero-order valence-corrected chi connectivity index (χ0v) is 16.2. The van der Waals surface area contributed by atoms with Crippen LogP contribution >= 0.6 is 0 Å². The molecule has 136 valence electrons. The average molecular weight is 356 g/mol. The molecule has 5 nitrogen and oxygen atoms in total. The molecule has 0 aliphatic heterocycles. The summed E-state index contributed by atoms with van der Waals surface area (Å²) in [4.78, 5) is 12.7. The van der Waals surface area contributed by atoms with Crippen LogP contribution in [-0.4, -0.2) is 29.4 Å². The highest BCUT2D eigenvalue weighted by Crippen LogP contribution is 2.32. The minimum atomic E-state index is -3.51. The number of sulfone groups is 1. The fraction of sp³-hybridized carbons (Fsp3) is 0.778. The van der Waals surface area contributed by atoms with Crippen molar-refractivity contribution in [3.8, 4) is 0 Å². The Hall–Kier alpha value is -1.17. The highest BCUT2D eigenvalue weighted by atomic mass is 32.2. The van der Waals surface area contributed by atoms with Gasteiger partial charge in [-0.25, -0.2) is 8.42 Å². The quantitative estimate of drug-likeness (QED) is 0.806. The molecule has 0 N–H and O–H groups in total. The molecule has 1 aliphatic rings. The van der Waals surface area contributed by atoms with Crippen LogP contribution in [0, 0.1) is 0 Å². The summed E-state index contributed by atoms with van der Waals surface area (Å²) >= 11 is 0. The fourth-order valence-corrected chi connectivity index (χ4v) is 5.25. The maximum absolute atomic E-state index is 12.9. The van der Waals surface area contributed by atoms with Crippen molar-refractivity contribution in [1.29, 1.82) is 0 Å². The van der Waals surface area contributed by atoms with Gasteiger partial charge in [0, 0.05) is 11.5 Å². The Morgan fingerprint density at radius 3 is 2.25 bits per heavy atom. The molecule has 1 saturated carbocycles. The summed E-state index contributed by atoms with van der Waals surface area (Å²) in [5.74, 6) is 0.0986. The maximum atomic E-state index is 12.9. The van der Waals surface area contributed by atoms with Crippen molar-refractivity contribution in [2.45, 2.75) is 88.6 Å². The molecule has 1 aliphatic carbocycles. The first-order valence-corrected chi connectivity index (χ1v) is 10.2. The second-order valence-corrected chi connectivity index (χ2v) is 11.1. The Balaban J connectivity index is 2.16. The Morgan fingerprint density at radius 2 is 1.75 bits per heavy atom. The molecule has 0 bridgehead atoms. The molecule has 1 aromatic rings. The number of nitrogens with zero attached hydrogens (tertiary/aromatic N) is 1. The smallest absolute Gasteiger partial charge is 0.165 e. The molecule has 24 heavy (non-hydrogen) atoms. The summed E-state index contributed by atoms with van der Waals surface area (Å²) < 4.78 is 29.7. The summed E-state index contributed by atoms with van der Waals surface area (Å²) in [5.41, 5.74) is 0.590. The van der Waals surface area contributed by atoms with Gasteiger partial charge in [0.05, 0.1) is 17.4 Å². The van der Waals surface area contributed by atoms with Crippen LogP contribution in [0.2, 0.25) is 0 Å². The lowest BCUT2D eigenvalue weighted by Crippen LogP contribution is -2.47. The Labute approximate surface area is 145 Å². The van der Waals surface area contributed by atoms with E-state index in [0.29, 0.717) is 18.6 Å². The van der Waals surface area contributed by atoms with Gasteiger partial charge in [-0.05, 0) is 26.7 Å². The lowest BCUT2D eigenvalue weighted by atomic mass is 9.92. The Morgan fingerprint density at radius 1 is 1.17 bits per heavy atom. The van der Waals surface area contributed by atoms with E-state index in [-0.39, 0.29) is 17.6 Å². The molecule has 0 saturated heterocycles. The lowest BCUT2D eigenvalue weighted by molar-refractivity contribution is -0.120. The fourth-order valence-electron chi connectivity index (χ4n) is 3.07. The van der Waals surface area contributed by atoms with Crippen molar-refractivity contribution in [3.05, 3.63) is 17.5 Å². The summed E-state index contributed by atoms with van der Waals surface area (Å²) in [6.45, 7) is 9.08. The molecule has 0 amide bonds. The molecule has 0 spiro atoms. The van der Waals surface area contributed by atoms with Crippen LogP contribution in [0.1, 0.15) is 78.2 Å². The third kappa shape index (κ3) is 3.73. The number of hydrogen-bond acceptors (Lipinski definition) is 5. The summed E-state index contributed by atoms with van der Waals surface area (Å²) in [6.07, 6.45) is 4.21. The van der Waals surface area contributed by atoms with E-state index in [1.165, 1.54) is 13.8 Å². The van der Waals surface area contributed by atoms with Gasteiger partial charge in [-0.2, -0.15) is 0 Å². The Bertz CT molecular complexity index is 689. The van der Waals surface area contributed by atoms with E-state index >= 15 is 0 Å². The van der Waals surface area contributed by atoms with Gasteiger partial charge in [0.25, 0.3) is 0 Å². The number of carbonyl (C=O) groups is 1. The zero-order valence-electron chi connectivity index (χ0n) is 15.4. The molecule has 2 rings (SSSR count). The van der Waals surface area contributed by atoms with Crippen molar-refractivity contribution in [2.75, 3.05) is 0 Å². The largest absolute Gasteiger partial charge is 0.361 e. The number of rotatable bonds is 5. The van der Waals surface area contributed by atoms with Gasteiger partial charge in [-0.15, -0.1) is 0 Å². The van der Waals surface area contributed by atoms with Crippen molar-refractivity contribution in [3.63, 3.8) is 0 Å². The molecule has 1 fully saturated rings. The monoisotopic (exact) mass is 355 g/mol. The number of carbonyl (C=O) groups excluding carboxylic acids is 1. The normalized spacial score (nSPS) is 17.9. The summed E-state index contributed by atoms with van der Waals surface area (Å²) in [7, 11) is -3.51. The van der Waals surface area contributed by atoms with Gasteiger partial charge >= 0.3 is 0 Å². The molecule has 0 atom stereocenters. The van der Waals surface area contributed by atoms with Gasteiger partial charge in [-0.3, -0.25) is 4.79 Å². The van der Waals surface area contributed by atoms with Crippen molar-refractivity contribution in [2.24, 2.45) is 0 Å². The van der Waals surface area contributed by atoms with Gasteiger partial charge in [0.15, 0.2) is 15.6 Å². The van der Waals surface area contributed by atoms with Crippen molar-refractivity contribution in [1.82, 2.24) is 5.16 Å². The lowest BCUT2D eigenvalue weighted by Gasteiger charge is -2.30. The van der Waals surface area contributed by atoms with Crippen molar-refractivity contribution < 1.29 is 17.7 Å². The molecule has 1 aromatic heterocycles. The minimum absolute atomic E-state index is 0.0397. The molecular formula is C18H29NO4S. The van der Waals surface area contributed by atoms with Crippen LogP contribution in [0.25, 0.3) is 0 Å². The highest BCUT2D eigenvalue weighted by molar-refractivity contribution is 7.94. The maximum Gasteiger partial charge on any atom is 0.165 e. The topological polar surface area (TPSA) is 77.2 Å². The molecule has 0 unspecified atom stereocenters. The van der Waals surface area contributed by atoms with E-state index in [1.54, 1.807) is 6.07 Å². The summed E-state index contributed by atoms with van der Waals surface area (Å²) in [6, 6.07) is 1.75. The van der Waals surface area contributed by atoms with Crippen LogP contribution in [-0.2, 0) is 26.5 Å². The summed E-state index contributed by atoms with van der Waals surface area (Å²) in [5, 5.41) is 3.60. The van der Waals surface area contributed by atoms with Crippen LogP contribution in [0.3, 0.4) is 0 Å². The van der Waals surface area contributed by atoms with E-state index in [0.717, 1.165) is 25.0 Å². The number of ketones is 1. The second-order valence-electron chi connectivity index (χ2n) is 8.34. The van der Waals surface area contributed by atoms with Crippen molar-refractivity contribution >= 4 is 15.6 Å². The number of Topliss-reactive ketones (excluding diaryl/α,β-unsaturated/α-hetero) is 1. The van der Waals surface area contributed by atoms with E-state index < -0.39 is 19.8 Å². The van der Waals surface area contributed by atoms with Gasteiger partial charge < -0.3 is 4.52 Å². The molecule has 6 heteroatoms. The van der Waals surface area contributed by atoms with Crippen LogP contribution in [0.15, 0.2) is 10.6 Å². The molecular weight excluding hydrogens is 326 g/mol. The molecule has 0 radical (unpaired) electrons. The van der Waals surface area contributed by atoms with E-state index in [2.05, 4.69) is 5.16 Å². The average Bonchev–Trinajstić information content (AvgIpc) is 2.96. The highest BCUT2D eigenvalue weighted by Gasteiger charge is 2.46. The van der Waals surface area contributed by atoms with E-state index in [1.807, 2.05) is 20.8 Å². The SMILES string of the molecule is CC(C)(C)c1cc(CC(=O)C(C)(C)S(=O)(=O)C2CCCCC2)on1. The van der Waals surface area contributed by atoms with Crippen LogP contribution in [0.5, 0.6) is 0 Å². The van der Waals surface area contributed by atoms with E-state index in [4.69, 9.17) is 4.52 Å². The molecule has 0 aromatic carbocycles. The Kier molecular flexibility index (Phi) is 5.28. The van der Waals surface area contributed by atoms with Crippen LogP contribution < -0.4 is 0 Å². The molecule has 1 heterocycles. The standard InChI is InChI=1S/C18H29NO4S/c1-17(2,3)15-11-13(23-19-15)12-16(20)18(4,5)24(21,22)14-9-7-6-8-10-14/h11,14H,6-10,12H2,1-5H3. The van der Waals surface area contributed by atoms with Crippen LogP contribution in [0.4, 0.5) is 0 Å². The first-order chi connectivity index (χ1) is 11.0. The first-order valence-electron chi connectivity index (χ1n) is 8.69. The van der Waals surface area contributed by atoms with Gasteiger partial charge in [0.1, 0.15) is 10.5 Å². The first kappa shape index (κ1) is 19.2. The number of hydrogen-bond donors (Lipinski definition) is 0. The predicted molar refractivity (Wildman–Crippen MR) is 93.8 cm³/mol. The second kappa shape index (κ2) is 6.62. The van der Waals surface area contributed by atoms with Gasteiger partial charge in [0.2, 0.25) is 0 Å². The minimum Gasteiger partial charge on any atom is -0.361 e. The van der Waals surface area contributed by atoms with E-state index in [9.17, 15) is 13.2 Å². The predicted octanol–water partition coefficient (Wildman–Crippen LogP) is 3.61. The third-order valence-corrected chi connectivity index (χ3v) is 8.04. The van der Waals surface area contributed by atoms with Gasteiger partial charge in [-0.1, -0.05) is 45.2 Å².